The zero-order valence-corrected chi connectivity index (χ0v) is 19.2. The average molecular weight is 452 g/mol. The van der Waals surface area contributed by atoms with Gasteiger partial charge in [0, 0.05) is 49.3 Å². The Balaban J connectivity index is 1.20. The van der Waals surface area contributed by atoms with E-state index in [4.69, 9.17) is 16.6 Å². The first kappa shape index (κ1) is 21.3. The summed E-state index contributed by atoms with van der Waals surface area (Å²) in [4.78, 5) is 13.5. The van der Waals surface area contributed by atoms with Crippen molar-refractivity contribution in [1.82, 2.24) is 30.0 Å². The van der Waals surface area contributed by atoms with E-state index < -0.39 is 0 Å². The van der Waals surface area contributed by atoms with Crippen LogP contribution in [-0.4, -0.2) is 36.8 Å². The first-order valence-corrected chi connectivity index (χ1v) is 12.0. The molecule has 0 saturated heterocycles. The van der Waals surface area contributed by atoms with Crippen molar-refractivity contribution in [3.05, 3.63) is 53.2 Å². The summed E-state index contributed by atoms with van der Waals surface area (Å²) in [5, 5.41) is 12.3. The largest absolute Gasteiger partial charge is 0.351 e. The van der Waals surface area contributed by atoms with Gasteiger partial charge in [0.1, 0.15) is 0 Å². The molecule has 0 bridgehead atoms. The van der Waals surface area contributed by atoms with Crippen LogP contribution in [0.1, 0.15) is 49.8 Å². The van der Waals surface area contributed by atoms with Crippen LogP contribution in [0.25, 0.3) is 11.3 Å². The number of hydrogen-bond acceptors (Lipinski definition) is 6. The molecule has 3 aromatic heterocycles. The highest BCUT2D eigenvalue weighted by Crippen LogP contribution is 2.37. The number of pyridine rings is 1. The van der Waals surface area contributed by atoms with Gasteiger partial charge in [0.15, 0.2) is 0 Å². The summed E-state index contributed by atoms with van der Waals surface area (Å²) in [7, 11) is 2.00. The van der Waals surface area contributed by atoms with Gasteiger partial charge in [-0.3, -0.25) is 9.67 Å². The van der Waals surface area contributed by atoms with Gasteiger partial charge in [-0.1, -0.05) is 17.7 Å². The van der Waals surface area contributed by atoms with E-state index >= 15 is 0 Å². The van der Waals surface area contributed by atoms with Gasteiger partial charge in [-0.25, -0.2) is 9.97 Å². The van der Waals surface area contributed by atoms with E-state index in [1.54, 1.807) is 6.20 Å². The van der Waals surface area contributed by atoms with Crippen LogP contribution < -0.4 is 10.6 Å². The number of rotatable bonds is 8. The summed E-state index contributed by atoms with van der Waals surface area (Å²) in [5.41, 5.74) is 4.24. The lowest BCUT2D eigenvalue weighted by Crippen LogP contribution is -2.36. The summed E-state index contributed by atoms with van der Waals surface area (Å²) in [5.74, 6) is 1.42. The SMILES string of the molecule is Cn1ncc(-c2nc(N[C@H]3CC[C@H](NCc4cccnc4)CC3)ncc2Cl)c1CC1CC1. The molecule has 7 nitrogen and oxygen atoms in total. The Kier molecular flexibility index (Phi) is 6.37. The van der Waals surface area contributed by atoms with Gasteiger partial charge in [0.25, 0.3) is 0 Å². The van der Waals surface area contributed by atoms with Gasteiger partial charge < -0.3 is 10.6 Å². The fourth-order valence-corrected chi connectivity index (χ4v) is 4.71. The van der Waals surface area contributed by atoms with Crippen molar-refractivity contribution in [2.24, 2.45) is 13.0 Å². The lowest BCUT2D eigenvalue weighted by molar-refractivity contribution is 0.352. The van der Waals surface area contributed by atoms with Crippen LogP contribution in [0.4, 0.5) is 5.95 Å². The maximum absolute atomic E-state index is 6.51. The molecular weight excluding hydrogens is 422 g/mol. The topological polar surface area (TPSA) is 80.5 Å². The number of nitrogens with zero attached hydrogens (tertiary/aromatic N) is 5. The number of halogens is 1. The van der Waals surface area contributed by atoms with E-state index in [1.165, 1.54) is 24.1 Å². The van der Waals surface area contributed by atoms with Crippen LogP contribution in [0.3, 0.4) is 0 Å². The zero-order valence-electron chi connectivity index (χ0n) is 18.5. The van der Waals surface area contributed by atoms with Gasteiger partial charge in [-0.05, 0) is 62.5 Å². The lowest BCUT2D eigenvalue weighted by atomic mass is 9.91. The zero-order chi connectivity index (χ0) is 21.9. The van der Waals surface area contributed by atoms with Crippen LogP contribution >= 0.6 is 11.6 Å². The number of aromatic nitrogens is 5. The molecule has 3 heterocycles. The van der Waals surface area contributed by atoms with Crippen molar-refractivity contribution in [1.29, 1.82) is 0 Å². The molecule has 2 fully saturated rings. The van der Waals surface area contributed by atoms with Gasteiger partial charge in [-0.15, -0.1) is 0 Å². The normalized spacial score (nSPS) is 20.9. The molecule has 32 heavy (non-hydrogen) atoms. The molecule has 2 aliphatic carbocycles. The summed E-state index contributed by atoms with van der Waals surface area (Å²) < 4.78 is 1.96. The molecule has 8 heteroatoms. The second kappa shape index (κ2) is 9.55. The molecule has 2 N–H and O–H groups in total. The Morgan fingerprint density at radius 1 is 1.06 bits per heavy atom. The first-order valence-electron chi connectivity index (χ1n) is 11.6. The third-order valence-electron chi connectivity index (χ3n) is 6.62. The van der Waals surface area contributed by atoms with E-state index in [0.717, 1.165) is 55.8 Å². The fraction of sp³-hybridized carbons (Fsp3) is 0.500. The van der Waals surface area contributed by atoms with Gasteiger partial charge in [0.2, 0.25) is 5.95 Å². The first-order chi connectivity index (χ1) is 15.7. The summed E-state index contributed by atoms with van der Waals surface area (Å²) >= 11 is 6.51. The van der Waals surface area contributed by atoms with Crippen LogP contribution in [0, 0.1) is 5.92 Å². The fourth-order valence-electron chi connectivity index (χ4n) is 4.51. The van der Waals surface area contributed by atoms with E-state index in [1.807, 2.05) is 36.4 Å². The van der Waals surface area contributed by atoms with E-state index in [0.29, 0.717) is 23.1 Å². The third kappa shape index (κ3) is 5.10. The minimum atomic E-state index is 0.375. The maximum Gasteiger partial charge on any atom is 0.223 e. The van der Waals surface area contributed by atoms with Crippen molar-refractivity contribution < 1.29 is 0 Å². The average Bonchev–Trinajstić information content (AvgIpc) is 3.57. The quantitative estimate of drug-likeness (QED) is 0.528. The highest BCUT2D eigenvalue weighted by Gasteiger charge is 2.26. The molecule has 168 valence electrons. The molecule has 0 unspecified atom stereocenters. The van der Waals surface area contributed by atoms with E-state index in [-0.39, 0.29) is 0 Å². The standard InChI is InChI=1S/C24H30ClN7/c1-32-22(11-16-4-5-16)20(14-29-32)23-21(25)15-28-24(31-23)30-19-8-6-18(7-9-19)27-13-17-3-2-10-26-12-17/h2-3,10,12,14-16,18-19,27H,4-9,11,13H2,1H3,(H,28,30,31)/t18-,19-. The molecule has 0 spiro atoms. The van der Waals surface area contributed by atoms with Crippen LogP contribution in [0.5, 0.6) is 0 Å². The monoisotopic (exact) mass is 451 g/mol. The second-order valence-electron chi connectivity index (χ2n) is 9.10. The smallest absolute Gasteiger partial charge is 0.223 e. The number of hydrogen-bond donors (Lipinski definition) is 2. The molecule has 0 atom stereocenters. The van der Waals surface area contributed by atoms with Gasteiger partial charge in [-0.2, -0.15) is 5.10 Å². The highest BCUT2D eigenvalue weighted by molar-refractivity contribution is 6.32. The third-order valence-corrected chi connectivity index (χ3v) is 6.89. The molecule has 5 rings (SSSR count). The Hall–Kier alpha value is -2.51. The molecule has 2 saturated carbocycles. The van der Waals surface area contributed by atoms with Crippen molar-refractivity contribution >= 4 is 17.5 Å². The van der Waals surface area contributed by atoms with Crippen LogP contribution in [0.15, 0.2) is 36.9 Å². The Morgan fingerprint density at radius 3 is 2.62 bits per heavy atom. The van der Waals surface area contributed by atoms with Crippen molar-refractivity contribution in [2.45, 2.75) is 63.6 Å². The predicted molar refractivity (Wildman–Crippen MR) is 126 cm³/mol. The second-order valence-corrected chi connectivity index (χ2v) is 9.51. The van der Waals surface area contributed by atoms with Crippen LogP contribution in [-0.2, 0) is 20.0 Å². The molecule has 3 aromatic rings. The minimum Gasteiger partial charge on any atom is -0.351 e. The predicted octanol–water partition coefficient (Wildman–Crippen LogP) is 4.39. The van der Waals surface area contributed by atoms with Crippen molar-refractivity contribution in [3.63, 3.8) is 0 Å². The van der Waals surface area contributed by atoms with Gasteiger partial charge >= 0.3 is 0 Å². The molecule has 2 aliphatic rings. The van der Waals surface area contributed by atoms with Crippen molar-refractivity contribution in [3.8, 4) is 11.3 Å². The summed E-state index contributed by atoms with van der Waals surface area (Å²) in [6.07, 6.45) is 15.4. The highest BCUT2D eigenvalue weighted by atomic mass is 35.5. The molecule has 0 amide bonds. The van der Waals surface area contributed by atoms with Crippen LogP contribution in [0.2, 0.25) is 5.02 Å². The van der Waals surface area contributed by atoms with E-state index in [9.17, 15) is 0 Å². The Morgan fingerprint density at radius 2 is 1.88 bits per heavy atom. The maximum atomic E-state index is 6.51. The Labute approximate surface area is 194 Å². The Bertz CT molecular complexity index is 1040. The summed E-state index contributed by atoms with van der Waals surface area (Å²) in [6.45, 7) is 0.870. The summed E-state index contributed by atoms with van der Waals surface area (Å²) in [6, 6.07) is 5.01. The number of aryl methyl sites for hydroxylation is 1. The molecular formula is C24H30ClN7. The minimum absolute atomic E-state index is 0.375. The molecule has 0 aliphatic heterocycles. The molecule has 0 aromatic carbocycles. The van der Waals surface area contributed by atoms with Gasteiger partial charge in [0.05, 0.1) is 23.1 Å². The van der Waals surface area contributed by atoms with E-state index in [2.05, 4.69) is 31.8 Å². The number of anilines is 1. The number of nitrogens with one attached hydrogen (secondary N) is 2. The molecule has 0 radical (unpaired) electrons. The van der Waals surface area contributed by atoms with Crippen molar-refractivity contribution in [2.75, 3.05) is 5.32 Å². The lowest BCUT2D eigenvalue weighted by Gasteiger charge is -2.30.